The third-order valence-corrected chi connectivity index (χ3v) is 5.01. The predicted molar refractivity (Wildman–Crippen MR) is 104 cm³/mol. The third kappa shape index (κ3) is 4.43. The highest BCUT2D eigenvalue weighted by Crippen LogP contribution is 2.34. The molecule has 2 N–H and O–H groups in total. The molecule has 0 fully saturated rings. The Balaban J connectivity index is 1.63. The minimum absolute atomic E-state index is 0.0624. The maximum absolute atomic E-state index is 12.3. The molecule has 1 aliphatic heterocycles. The lowest BCUT2D eigenvalue weighted by atomic mass is 9.87. The zero-order chi connectivity index (χ0) is 18.7. The molecule has 0 bridgehead atoms. The highest BCUT2D eigenvalue weighted by Gasteiger charge is 2.17. The first-order valence-corrected chi connectivity index (χ1v) is 9.47. The van der Waals surface area contributed by atoms with E-state index in [9.17, 15) is 9.90 Å². The lowest BCUT2D eigenvalue weighted by molar-refractivity contribution is -0.113. The number of thioether (sulfide) groups is 1. The van der Waals surface area contributed by atoms with Crippen LogP contribution in [0.3, 0.4) is 0 Å². The van der Waals surface area contributed by atoms with Crippen LogP contribution in [-0.4, -0.2) is 30.0 Å². The molecule has 26 heavy (non-hydrogen) atoms. The Labute approximate surface area is 157 Å². The van der Waals surface area contributed by atoms with E-state index in [-0.39, 0.29) is 22.8 Å². The zero-order valence-electron chi connectivity index (χ0n) is 15.2. The molecule has 0 aromatic heterocycles. The van der Waals surface area contributed by atoms with Crippen molar-refractivity contribution in [2.45, 2.75) is 31.1 Å². The van der Waals surface area contributed by atoms with Crippen LogP contribution in [0, 0.1) is 0 Å². The Bertz CT molecular complexity index is 814. The lowest BCUT2D eigenvalue weighted by Gasteiger charge is -2.20. The minimum atomic E-state index is -0.175. The number of ether oxygens (including phenoxy) is 2. The third-order valence-electron chi connectivity index (χ3n) is 4.02. The minimum Gasteiger partial charge on any atom is -0.506 e. The van der Waals surface area contributed by atoms with Gasteiger partial charge in [0.15, 0.2) is 11.5 Å². The number of fused-ring (bicyclic) bond motifs is 1. The highest BCUT2D eigenvalue weighted by atomic mass is 32.2. The van der Waals surface area contributed by atoms with Gasteiger partial charge in [-0.3, -0.25) is 4.79 Å². The molecular weight excluding hydrogens is 350 g/mol. The standard InChI is InChI=1S/C20H23NO4S/c1-20(2,3)13-4-6-16(22)15(10-13)21-19(23)12-26-14-5-7-17-18(11-14)25-9-8-24-17/h4-7,10-11,22H,8-9,12H2,1-3H3,(H,21,23). The van der Waals surface area contributed by atoms with E-state index in [4.69, 9.17) is 9.47 Å². The van der Waals surface area contributed by atoms with Crippen molar-refractivity contribution in [3.05, 3.63) is 42.0 Å². The molecule has 1 aliphatic rings. The van der Waals surface area contributed by atoms with Gasteiger partial charge in [0.1, 0.15) is 19.0 Å². The van der Waals surface area contributed by atoms with Crippen molar-refractivity contribution in [2.75, 3.05) is 24.3 Å². The van der Waals surface area contributed by atoms with E-state index >= 15 is 0 Å². The number of carbonyl (C=O) groups excluding carboxylic acids is 1. The highest BCUT2D eigenvalue weighted by molar-refractivity contribution is 8.00. The maximum Gasteiger partial charge on any atom is 0.234 e. The Morgan fingerprint density at radius 2 is 1.85 bits per heavy atom. The van der Waals surface area contributed by atoms with Gasteiger partial charge in [0.05, 0.1) is 11.4 Å². The molecule has 0 spiro atoms. The van der Waals surface area contributed by atoms with Crippen LogP contribution in [0.2, 0.25) is 0 Å². The van der Waals surface area contributed by atoms with Crippen LogP contribution in [0.15, 0.2) is 41.3 Å². The van der Waals surface area contributed by atoms with E-state index in [2.05, 4.69) is 26.1 Å². The molecule has 1 heterocycles. The number of nitrogens with one attached hydrogen (secondary N) is 1. The van der Waals surface area contributed by atoms with Gasteiger partial charge in [-0.25, -0.2) is 0 Å². The average Bonchev–Trinajstić information content (AvgIpc) is 2.60. The van der Waals surface area contributed by atoms with E-state index in [0.29, 0.717) is 24.7 Å². The fourth-order valence-electron chi connectivity index (χ4n) is 2.55. The van der Waals surface area contributed by atoms with Crippen LogP contribution in [0.4, 0.5) is 5.69 Å². The summed E-state index contributed by atoms with van der Waals surface area (Å²) in [5, 5.41) is 12.8. The first-order chi connectivity index (χ1) is 12.3. The summed E-state index contributed by atoms with van der Waals surface area (Å²) in [4.78, 5) is 13.2. The number of anilines is 1. The molecule has 0 saturated carbocycles. The van der Waals surface area contributed by atoms with Crippen molar-refractivity contribution in [1.82, 2.24) is 0 Å². The van der Waals surface area contributed by atoms with Crippen molar-refractivity contribution in [3.8, 4) is 17.2 Å². The number of benzene rings is 2. The van der Waals surface area contributed by atoms with Crippen molar-refractivity contribution >= 4 is 23.4 Å². The van der Waals surface area contributed by atoms with Gasteiger partial charge in [0.25, 0.3) is 0 Å². The molecule has 2 aromatic carbocycles. The van der Waals surface area contributed by atoms with Crippen LogP contribution < -0.4 is 14.8 Å². The lowest BCUT2D eigenvalue weighted by Crippen LogP contribution is -2.16. The first kappa shape index (κ1) is 18.5. The quantitative estimate of drug-likeness (QED) is 0.621. The number of rotatable bonds is 4. The fraction of sp³-hybridized carbons (Fsp3) is 0.350. The summed E-state index contributed by atoms with van der Waals surface area (Å²) < 4.78 is 11.0. The Hall–Kier alpha value is -2.34. The smallest absolute Gasteiger partial charge is 0.234 e. The van der Waals surface area contributed by atoms with E-state index in [1.165, 1.54) is 11.8 Å². The van der Waals surface area contributed by atoms with Crippen molar-refractivity contribution in [1.29, 1.82) is 0 Å². The molecule has 0 radical (unpaired) electrons. The van der Waals surface area contributed by atoms with Gasteiger partial charge in [-0.1, -0.05) is 26.8 Å². The van der Waals surface area contributed by atoms with Crippen LogP contribution >= 0.6 is 11.8 Å². The number of phenolic OH excluding ortho intramolecular Hbond substituents is 1. The molecule has 138 valence electrons. The number of hydrogen-bond acceptors (Lipinski definition) is 5. The van der Waals surface area contributed by atoms with Gasteiger partial charge in [-0.05, 0) is 41.3 Å². The van der Waals surface area contributed by atoms with Crippen molar-refractivity contribution < 1.29 is 19.4 Å². The van der Waals surface area contributed by atoms with E-state index in [0.717, 1.165) is 16.2 Å². The summed E-state index contributed by atoms with van der Waals surface area (Å²) in [5.74, 6) is 1.56. The normalized spacial score (nSPS) is 13.3. The van der Waals surface area contributed by atoms with Crippen LogP contribution in [0.5, 0.6) is 17.2 Å². The molecule has 3 rings (SSSR count). The molecular formula is C20H23NO4S. The zero-order valence-corrected chi connectivity index (χ0v) is 16.0. The molecule has 2 aromatic rings. The molecule has 0 saturated heterocycles. The van der Waals surface area contributed by atoms with Gasteiger partial charge in [0.2, 0.25) is 5.91 Å². The average molecular weight is 373 g/mol. The second-order valence-corrected chi connectivity index (χ2v) is 8.17. The van der Waals surface area contributed by atoms with Gasteiger partial charge < -0.3 is 19.9 Å². The Morgan fingerprint density at radius 1 is 1.12 bits per heavy atom. The largest absolute Gasteiger partial charge is 0.506 e. The van der Waals surface area contributed by atoms with Crippen molar-refractivity contribution in [3.63, 3.8) is 0 Å². The summed E-state index contributed by atoms with van der Waals surface area (Å²) in [6, 6.07) is 10.9. The van der Waals surface area contributed by atoms with Gasteiger partial charge in [-0.15, -0.1) is 11.8 Å². The van der Waals surface area contributed by atoms with E-state index < -0.39 is 0 Å². The molecule has 1 amide bonds. The summed E-state index contributed by atoms with van der Waals surface area (Å²) in [7, 11) is 0. The topological polar surface area (TPSA) is 67.8 Å². The maximum atomic E-state index is 12.3. The van der Waals surface area contributed by atoms with Gasteiger partial charge in [-0.2, -0.15) is 0 Å². The van der Waals surface area contributed by atoms with Crippen LogP contribution in [0.1, 0.15) is 26.3 Å². The molecule has 0 atom stereocenters. The van der Waals surface area contributed by atoms with Crippen LogP contribution in [0.25, 0.3) is 0 Å². The summed E-state index contributed by atoms with van der Waals surface area (Å²) in [6.45, 7) is 7.35. The molecule has 0 aliphatic carbocycles. The Kier molecular flexibility index (Phi) is 5.32. The number of hydrogen-bond donors (Lipinski definition) is 2. The summed E-state index contributed by atoms with van der Waals surface area (Å²) >= 11 is 1.41. The molecule has 6 heteroatoms. The Morgan fingerprint density at radius 3 is 2.58 bits per heavy atom. The summed E-state index contributed by atoms with van der Waals surface area (Å²) in [6.07, 6.45) is 0. The first-order valence-electron chi connectivity index (χ1n) is 8.49. The van der Waals surface area contributed by atoms with E-state index in [1.807, 2.05) is 30.3 Å². The second kappa shape index (κ2) is 7.50. The SMILES string of the molecule is CC(C)(C)c1ccc(O)c(NC(=O)CSc2ccc3c(c2)OCCO3)c1. The predicted octanol–water partition coefficient (Wildman–Crippen LogP) is 4.19. The monoisotopic (exact) mass is 373 g/mol. The molecule has 5 nitrogen and oxygen atoms in total. The summed E-state index contributed by atoms with van der Waals surface area (Å²) in [5.41, 5.74) is 1.42. The van der Waals surface area contributed by atoms with Gasteiger partial charge >= 0.3 is 0 Å². The number of aromatic hydroxyl groups is 1. The second-order valence-electron chi connectivity index (χ2n) is 7.12. The number of phenols is 1. The van der Waals surface area contributed by atoms with Gasteiger partial charge in [0, 0.05) is 4.90 Å². The van der Waals surface area contributed by atoms with Crippen molar-refractivity contribution in [2.24, 2.45) is 0 Å². The number of carbonyl (C=O) groups is 1. The van der Waals surface area contributed by atoms with E-state index in [1.54, 1.807) is 6.07 Å². The van der Waals surface area contributed by atoms with Crippen LogP contribution in [-0.2, 0) is 10.2 Å². The fourth-order valence-corrected chi connectivity index (χ4v) is 3.28. The molecule has 0 unspecified atom stereocenters. The number of amides is 1.